The molecule has 0 aliphatic rings. The summed E-state index contributed by atoms with van der Waals surface area (Å²) in [5, 5.41) is 24.6. The number of nitrogens with zero attached hydrogens (tertiary/aromatic N) is 3. The molecule has 0 saturated carbocycles. The van der Waals surface area contributed by atoms with Gasteiger partial charge in [-0.2, -0.15) is 0 Å². The fraction of sp³-hybridized carbons (Fsp3) is 0.250. The molecule has 0 atom stereocenters. The Kier molecular flexibility index (Phi) is 6.50. The molecular weight excluding hydrogens is 358 g/mol. The molecule has 1 heterocycles. The van der Waals surface area contributed by atoms with Crippen molar-refractivity contribution in [1.29, 1.82) is 0 Å². The number of benzene rings is 1. The van der Waals surface area contributed by atoms with E-state index in [1.54, 1.807) is 0 Å². The second kappa shape index (κ2) is 8.81. The van der Waals surface area contributed by atoms with Crippen LogP contribution in [0.5, 0.6) is 0 Å². The highest BCUT2D eigenvalue weighted by atomic mass is 32.1. The minimum Gasteiger partial charge on any atom is -0.343 e. The van der Waals surface area contributed by atoms with Crippen molar-refractivity contribution >= 4 is 40.0 Å². The summed E-state index contributed by atoms with van der Waals surface area (Å²) in [7, 11) is 0. The summed E-state index contributed by atoms with van der Waals surface area (Å²) >= 11 is 1.29. The van der Waals surface area contributed by atoms with E-state index in [0.29, 0.717) is 10.7 Å². The van der Waals surface area contributed by atoms with Gasteiger partial charge in [0.2, 0.25) is 16.9 Å². The van der Waals surface area contributed by atoms with E-state index in [1.807, 2.05) is 13.8 Å². The molecule has 0 fully saturated rings. The molecule has 2 rings (SSSR count). The lowest BCUT2D eigenvalue weighted by Gasteiger charge is -2.02. The summed E-state index contributed by atoms with van der Waals surface area (Å²) in [6, 6.07) is 5.74. The summed E-state index contributed by atoms with van der Waals surface area (Å²) < 4.78 is 0. The third-order valence-electron chi connectivity index (χ3n) is 3.14. The molecule has 2 aromatic rings. The maximum absolute atomic E-state index is 11.8. The summed E-state index contributed by atoms with van der Waals surface area (Å²) in [5.41, 5.74) is 0.603. The highest BCUT2D eigenvalue weighted by Crippen LogP contribution is 2.22. The molecule has 10 heteroatoms. The van der Waals surface area contributed by atoms with Crippen LogP contribution >= 0.6 is 11.3 Å². The monoisotopic (exact) mass is 375 g/mol. The quantitative estimate of drug-likeness (QED) is 0.434. The van der Waals surface area contributed by atoms with Crippen molar-refractivity contribution in [3.63, 3.8) is 0 Å². The maximum atomic E-state index is 11.8. The van der Waals surface area contributed by atoms with Crippen LogP contribution in [0.25, 0.3) is 6.08 Å². The van der Waals surface area contributed by atoms with Crippen LogP contribution < -0.4 is 10.6 Å². The first-order chi connectivity index (χ1) is 12.3. The van der Waals surface area contributed by atoms with Crippen LogP contribution in [-0.2, 0) is 9.59 Å². The molecule has 0 saturated heterocycles. The average molecular weight is 375 g/mol. The Balaban J connectivity index is 1.79. The summed E-state index contributed by atoms with van der Waals surface area (Å²) in [5.74, 6) is -0.644. The van der Waals surface area contributed by atoms with Crippen LogP contribution in [0.2, 0.25) is 0 Å². The predicted molar refractivity (Wildman–Crippen MR) is 97.8 cm³/mol. The van der Waals surface area contributed by atoms with E-state index in [4.69, 9.17) is 0 Å². The molecular formula is C16H17N5O4S. The molecule has 2 amide bonds. The van der Waals surface area contributed by atoms with Gasteiger partial charge in [0, 0.05) is 24.1 Å². The topological polar surface area (TPSA) is 127 Å². The van der Waals surface area contributed by atoms with Gasteiger partial charge in [-0.3, -0.25) is 25.0 Å². The number of hydrogen-bond donors (Lipinski definition) is 2. The summed E-state index contributed by atoms with van der Waals surface area (Å²) in [6.07, 6.45) is 2.74. The van der Waals surface area contributed by atoms with E-state index < -0.39 is 16.7 Å². The first-order valence-electron chi connectivity index (χ1n) is 7.68. The molecule has 2 N–H and O–H groups in total. The Bertz CT molecular complexity index is 829. The van der Waals surface area contributed by atoms with Crippen LogP contribution in [0.4, 0.5) is 10.8 Å². The van der Waals surface area contributed by atoms with Crippen LogP contribution in [0, 0.1) is 10.1 Å². The number of aromatic nitrogens is 2. The molecule has 1 aromatic carbocycles. The number of nitro benzene ring substituents is 1. The second-order valence-electron chi connectivity index (χ2n) is 5.55. The van der Waals surface area contributed by atoms with Crippen molar-refractivity contribution in [2.45, 2.75) is 19.8 Å². The molecule has 0 radical (unpaired) electrons. The van der Waals surface area contributed by atoms with Gasteiger partial charge in [0.05, 0.1) is 11.5 Å². The van der Waals surface area contributed by atoms with Crippen LogP contribution in [0.15, 0.2) is 30.3 Å². The van der Waals surface area contributed by atoms with Crippen LogP contribution in [-0.4, -0.2) is 33.5 Å². The van der Waals surface area contributed by atoms with Gasteiger partial charge in [0.15, 0.2) is 0 Å². The lowest BCUT2D eigenvalue weighted by Crippen LogP contribution is -2.31. The summed E-state index contributed by atoms with van der Waals surface area (Å²) in [4.78, 5) is 33.6. The fourth-order valence-electron chi connectivity index (χ4n) is 1.79. The summed E-state index contributed by atoms with van der Waals surface area (Å²) in [6.45, 7) is 3.74. The van der Waals surface area contributed by atoms with Gasteiger partial charge in [-0.1, -0.05) is 25.2 Å². The Morgan fingerprint density at radius 2 is 1.96 bits per heavy atom. The van der Waals surface area contributed by atoms with E-state index in [2.05, 4.69) is 20.8 Å². The first kappa shape index (κ1) is 19.2. The fourth-order valence-corrected chi connectivity index (χ4v) is 2.55. The number of non-ortho nitro benzene ring substituents is 1. The zero-order valence-electron chi connectivity index (χ0n) is 14.1. The molecule has 136 valence electrons. The Morgan fingerprint density at radius 1 is 1.27 bits per heavy atom. The van der Waals surface area contributed by atoms with E-state index >= 15 is 0 Å². The van der Waals surface area contributed by atoms with Gasteiger partial charge >= 0.3 is 0 Å². The number of anilines is 1. The van der Waals surface area contributed by atoms with E-state index in [9.17, 15) is 19.7 Å². The lowest BCUT2D eigenvalue weighted by molar-refractivity contribution is -0.384. The lowest BCUT2D eigenvalue weighted by atomic mass is 10.2. The van der Waals surface area contributed by atoms with Crippen molar-refractivity contribution < 1.29 is 14.5 Å². The maximum Gasteiger partial charge on any atom is 0.269 e. The van der Waals surface area contributed by atoms with E-state index in [-0.39, 0.29) is 18.2 Å². The SMILES string of the molecule is CC(C)c1nnc(NC(=O)CNC(=O)C=Cc2ccc([N+](=O)[O-])cc2)s1. The van der Waals surface area contributed by atoms with Gasteiger partial charge in [-0.05, 0) is 23.8 Å². The number of amides is 2. The normalized spacial score (nSPS) is 10.9. The minimum absolute atomic E-state index is 0.0272. The van der Waals surface area contributed by atoms with E-state index in [1.165, 1.54) is 47.8 Å². The van der Waals surface area contributed by atoms with Crippen molar-refractivity contribution in [1.82, 2.24) is 15.5 Å². The van der Waals surface area contributed by atoms with Crippen LogP contribution in [0.1, 0.15) is 30.3 Å². The molecule has 0 spiro atoms. The van der Waals surface area contributed by atoms with Gasteiger partial charge in [0.25, 0.3) is 5.69 Å². The largest absolute Gasteiger partial charge is 0.343 e. The number of rotatable bonds is 7. The van der Waals surface area contributed by atoms with Crippen LogP contribution in [0.3, 0.4) is 0 Å². The molecule has 0 bridgehead atoms. The number of nitro groups is 1. The van der Waals surface area contributed by atoms with Gasteiger partial charge in [-0.25, -0.2) is 0 Å². The average Bonchev–Trinajstić information content (AvgIpc) is 3.07. The molecule has 0 unspecified atom stereocenters. The predicted octanol–water partition coefficient (Wildman–Crippen LogP) is 2.34. The zero-order valence-corrected chi connectivity index (χ0v) is 14.9. The highest BCUT2D eigenvalue weighted by Gasteiger charge is 2.10. The standard InChI is InChI=1S/C16H17N5O4S/c1-10(2)15-19-20-16(26-15)18-14(23)9-17-13(22)8-5-11-3-6-12(7-4-11)21(24)25/h3-8,10H,9H2,1-2H3,(H,17,22)(H,18,20,23). The molecule has 0 aliphatic carbocycles. The van der Waals surface area contributed by atoms with Gasteiger partial charge in [0.1, 0.15) is 5.01 Å². The Morgan fingerprint density at radius 3 is 2.54 bits per heavy atom. The first-order valence-corrected chi connectivity index (χ1v) is 8.50. The molecule has 0 aliphatic heterocycles. The zero-order chi connectivity index (χ0) is 19.1. The Labute approximate surface area is 153 Å². The molecule has 1 aromatic heterocycles. The Hall–Kier alpha value is -3.14. The van der Waals surface area contributed by atoms with Gasteiger partial charge < -0.3 is 5.32 Å². The number of hydrogen-bond acceptors (Lipinski definition) is 7. The van der Waals surface area contributed by atoms with Crippen molar-refractivity contribution in [2.75, 3.05) is 11.9 Å². The van der Waals surface area contributed by atoms with Crippen molar-refractivity contribution in [3.8, 4) is 0 Å². The van der Waals surface area contributed by atoms with Crippen molar-refractivity contribution in [2.24, 2.45) is 0 Å². The molecule has 26 heavy (non-hydrogen) atoms. The third-order valence-corrected chi connectivity index (χ3v) is 4.27. The van der Waals surface area contributed by atoms with Gasteiger partial charge in [-0.15, -0.1) is 10.2 Å². The number of carbonyl (C=O) groups excluding carboxylic acids is 2. The molecule has 9 nitrogen and oxygen atoms in total. The third kappa shape index (κ3) is 5.74. The highest BCUT2D eigenvalue weighted by molar-refractivity contribution is 7.15. The smallest absolute Gasteiger partial charge is 0.269 e. The van der Waals surface area contributed by atoms with Crippen molar-refractivity contribution in [3.05, 3.63) is 51.0 Å². The minimum atomic E-state index is -0.499. The van der Waals surface area contributed by atoms with E-state index in [0.717, 1.165) is 5.01 Å². The number of carbonyl (C=O) groups is 2. The second-order valence-corrected chi connectivity index (χ2v) is 6.56. The number of nitrogens with one attached hydrogen (secondary N) is 2.